The van der Waals surface area contributed by atoms with E-state index in [9.17, 15) is 0 Å². The normalized spacial score (nSPS) is 28.8. The molecule has 0 amide bonds. The van der Waals surface area contributed by atoms with Gasteiger partial charge in [0, 0.05) is 12.1 Å². The number of hydrogen-bond acceptors (Lipinski definition) is 2. The van der Waals surface area contributed by atoms with Gasteiger partial charge in [-0.05, 0) is 32.9 Å². The quantitative estimate of drug-likeness (QED) is 0.776. The summed E-state index contributed by atoms with van der Waals surface area (Å²) in [4.78, 5) is 2.50. The molecule has 2 unspecified atom stereocenters. The lowest BCUT2D eigenvalue weighted by atomic mass is 9.92. The first-order chi connectivity index (χ1) is 7.25. The first-order valence-corrected chi connectivity index (χ1v) is 6.71. The largest absolute Gasteiger partial charge is 0.326 e. The molecular formula is C13H28N2. The molecule has 1 rings (SSSR count). The minimum absolute atomic E-state index is 0.409. The van der Waals surface area contributed by atoms with E-state index in [0.29, 0.717) is 12.1 Å². The maximum atomic E-state index is 6.28. The van der Waals surface area contributed by atoms with Gasteiger partial charge in [-0.25, -0.2) is 0 Å². The van der Waals surface area contributed by atoms with E-state index in [2.05, 4.69) is 18.9 Å². The van der Waals surface area contributed by atoms with E-state index in [1.165, 1.54) is 57.9 Å². The fraction of sp³-hybridized carbons (Fsp3) is 1.00. The molecule has 0 aromatic heterocycles. The Balaban J connectivity index is 2.39. The maximum Gasteiger partial charge on any atom is 0.0244 e. The van der Waals surface area contributed by atoms with Gasteiger partial charge in [0.15, 0.2) is 0 Å². The predicted octanol–water partition coefficient (Wildman–Crippen LogP) is 2.77. The second kappa shape index (κ2) is 7.24. The minimum Gasteiger partial charge on any atom is -0.326 e. The minimum atomic E-state index is 0.409. The summed E-state index contributed by atoms with van der Waals surface area (Å²) in [5.41, 5.74) is 6.28. The van der Waals surface area contributed by atoms with Gasteiger partial charge in [0.05, 0.1) is 0 Å². The average molecular weight is 212 g/mol. The molecule has 0 heterocycles. The summed E-state index contributed by atoms with van der Waals surface area (Å²) < 4.78 is 0. The summed E-state index contributed by atoms with van der Waals surface area (Å²) in [7, 11) is 2.25. The summed E-state index contributed by atoms with van der Waals surface area (Å²) in [6.07, 6.45) is 10.6. The topological polar surface area (TPSA) is 29.3 Å². The molecule has 0 aliphatic heterocycles. The zero-order valence-corrected chi connectivity index (χ0v) is 10.5. The van der Waals surface area contributed by atoms with Crippen molar-refractivity contribution in [1.29, 1.82) is 0 Å². The van der Waals surface area contributed by atoms with Crippen molar-refractivity contribution in [2.24, 2.45) is 5.73 Å². The van der Waals surface area contributed by atoms with Crippen molar-refractivity contribution in [3.8, 4) is 0 Å². The standard InChI is InChI=1S/C13H28N2/c1-3-4-11-15(2)13-10-8-6-5-7-9-12(13)14/h12-13H,3-11,14H2,1-2H3. The van der Waals surface area contributed by atoms with Crippen LogP contribution in [0, 0.1) is 0 Å². The Hall–Kier alpha value is -0.0800. The highest BCUT2D eigenvalue weighted by Gasteiger charge is 2.22. The van der Waals surface area contributed by atoms with E-state index >= 15 is 0 Å². The van der Waals surface area contributed by atoms with Crippen molar-refractivity contribution in [1.82, 2.24) is 4.90 Å². The molecule has 2 nitrogen and oxygen atoms in total. The van der Waals surface area contributed by atoms with E-state index in [1.54, 1.807) is 0 Å². The smallest absolute Gasteiger partial charge is 0.0244 e. The van der Waals surface area contributed by atoms with Crippen molar-refractivity contribution in [3.05, 3.63) is 0 Å². The monoisotopic (exact) mass is 212 g/mol. The van der Waals surface area contributed by atoms with E-state index in [-0.39, 0.29) is 0 Å². The van der Waals surface area contributed by atoms with Gasteiger partial charge in [-0.2, -0.15) is 0 Å². The van der Waals surface area contributed by atoms with Gasteiger partial charge >= 0.3 is 0 Å². The Morgan fingerprint density at radius 1 is 1.13 bits per heavy atom. The van der Waals surface area contributed by atoms with Crippen LogP contribution in [0.1, 0.15) is 58.3 Å². The van der Waals surface area contributed by atoms with Gasteiger partial charge in [0.2, 0.25) is 0 Å². The highest BCUT2D eigenvalue weighted by atomic mass is 15.1. The molecule has 0 spiro atoms. The first kappa shape index (κ1) is 13.0. The Morgan fingerprint density at radius 3 is 2.47 bits per heavy atom. The van der Waals surface area contributed by atoms with Gasteiger partial charge in [-0.1, -0.05) is 39.0 Å². The fourth-order valence-corrected chi connectivity index (χ4v) is 2.61. The van der Waals surface area contributed by atoms with Gasteiger partial charge in [0.25, 0.3) is 0 Å². The van der Waals surface area contributed by atoms with E-state index in [4.69, 9.17) is 5.73 Å². The summed E-state index contributed by atoms with van der Waals surface area (Å²) >= 11 is 0. The van der Waals surface area contributed by atoms with Crippen LogP contribution in [0.2, 0.25) is 0 Å². The second-order valence-corrected chi connectivity index (χ2v) is 5.06. The molecule has 2 N–H and O–H groups in total. The molecule has 0 aromatic rings. The Kier molecular flexibility index (Phi) is 6.26. The lowest BCUT2D eigenvalue weighted by Gasteiger charge is -2.34. The van der Waals surface area contributed by atoms with Crippen LogP contribution in [0.15, 0.2) is 0 Å². The molecule has 1 fully saturated rings. The number of hydrogen-bond donors (Lipinski definition) is 1. The van der Waals surface area contributed by atoms with E-state index in [1.807, 2.05) is 0 Å². The lowest BCUT2D eigenvalue weighted by Crippen LogP contribution is -2.46. The molecule has 90 valence electrons. The SMILES string of the molecule is CCCCN(C)C1CCCCCCC1N. The number of nitrogens with zero attached hydrogens (tertiary/aromatic N) is 1. The molecular weight excluding hydrogens is 184 g/mol. The number of rotatable bonds is 4. The van der Waals surface area contributed by atoms with Crippen LogP contribution in [0.5, 0.6) is 0 Å². The number of likely N-dealkylation sites (N-methyl/N-ethyl adjacent to an activating group) is 1. The van der Waals surface area contributed by atoms with Crippen molar-refractivity contribution in [3.63, 3.8) is 0 Å². The van der Waals surface area contributed by atoms with Crippen LogP contribution in [0.3, 0.4) is 0 Å². The molecule has 2 atom stereocenters. The fourth-order valence-electron chi connectivity index (χ4n) is 2.61. The third kappa shape index (κ3) is 4.52. The lowest BCUT2D eigenvalue weighted by molar-refractivity contribution is 0.179. The van der Waals surface area contributed by atoms with Crippen LogP contribution in [-0.4, -0.2) is 30.6 Å². The van der Waals surface area contributed by atoms with E-state index < -0.39 is 0 Å². The first-order valence-electron chi connectivity index (χ1n) is 6.71. The highest BCUT2D eigenvalue weighted by Crippen LogP contribution is 2.20. The van der Waals surface area contributed by atoms with Crippen molar-refractivity contribution in [2.75, 3.05) is 13.6 Å². The Bertz CT molecular complexity index is 159. The number of unbranched alkanes of at least 4 members (excludes halogenated alkanes) is 1. The zero-order chi connectivity index (χ0) is 11.1. The summed E-state index contributed by atoms with van der Waals surface area (Å²) in [6, 6.07) is 1.05. The molecule has 1 aliphatic rings. The average Bonchev–Trinajstić information content (AvgIpc) is 2.20. The molecule has 0 radical (unpaired) electrons. The molecule has 1 saturated carbocycles. The highest BCUT2D eigenvalue weighted by molar-refractivity contribution is 4.82. The van der Waals surface area contributed by atoms with Gasteiger partial charge in [-0.15, -0.1) is 0 Å². The Labute approximate surface area is 95.2 Å². The van der Waals surface area contributed by atoms with Crippen molar-refractivity contribution < 1.29 is 0 Å². The third-order valence-electron chi connectivity index (χ3n) is 3.71. The summed E-state index contributed by atoms with van der Waals surface area (Å²) in [6.45, 7) is 3.47. The van der Waals surface area contributed by atoms with Crippen molar-refractivity contribution in [2.45, 2.75) is 70.4 Å². The molecule has 0 bridgehead atoms. The molecule has 0 aromatic carbocycles. The van der Waals surface area contributed by atoms with Crippen LogP contribution in [0.25, 0.3) is 0 Å². The predicted molar refractivity (Wildman–Crippen MR) is 67.0 cm³/mol. The summed E-state index contributed by atoms with van der Waals surface area (Å²) in [5, 5.41) is 0. The molecule has 15 heavy (non-hydrogen) atoms. The molecule has 2 heteroatoms. The second-order valence-electron chi connectivity index (χ2n) is 5.06. The zero-order valence-electron chi connectivity index (χ0n) is 10.5. The number of nitrogens with two attached hydrogens (primary N) is 1. The third-order valence-corrected chi connectivity index (χ3v) is 3.71. The molecule has 0 saturated heterocycles. The van der Waals surface area contributed by atoms with Gasteiger partial charge in [0.1, 0.15) is 0 Å². The van der Waals surface area contributed by atoms with Crippen LogP contribution in [-0.2, 0) is 0 Å². The van der Waals surface area contributed by atoms with Gasteiger partial charge in [-0.3, -0.25) is 0 Å². The van der Waals surface area contributed by atoms with Crippen LogP contribution < -0.4 is 5.73 Å². The van der Waals surface area contributed by atoms with Crippen molar-refractivity contribution >= 4 is 0 Å². The van der Waals surface area contributed by atoms with Crippen LogP contribution >= 0.6 is 0 Å². The summed E-state index contributed by atoms with van der Waals surface area (Å²) in [5.74, 6) is 0. The van der Waals surface area contributed by atoms with E-state index in [0.717, 1.165) is 0 Å². The maximum absolute atomic E-state index is 6.28. The Morgan fingerprint density at radius 2 is 1.80 bits per heavy atom. The molecule has 1 aliphatic carbocycles. The van der Waals surface area contributed by atoms with Gasteiger partial charge < -0.3 is 10.6 Å². The van der Waals surface area contributed by atoms with Crippen LogP contribution in [0.4, 0.5) is 0 Å².